The van der Waals surface area contributed by atoms with E-state index in [1.807, 2.05) is 6.07 Å². The summed E-state index contributed by atoms with van der Waals surface area (Å²) in [6.45, 7) is 0. The topological polar surface area (TPSA) is 17.1 Å². The number of carbonyl (C=O) groups is 1. The fraction of sp³-hybridized carbons (Fsp3) is 0. The summed E-state index contributed by atoms with van der Waals surface area (Å²) < 4.78 is 0. The molecular weight excluding hydrogens is 314 g/mol. The minimum absolute atomic E-state index is 0.0722. The molecule has 0 radical (unpaired) electrons. The Hall–Kier alpha value is -0.730. The SMILES string of the molecule is O=C(c1ccccc1)c1c(Cl)cc(Cl)c(Cl)c1Cl. The summed E-state index contributed by atoms with van der Waals surface area (Å²) in [5.41, 5.74) is 0.652. The van der Waals surface area contributed by atoms with Gasteiger partial charge in [0, 0.05) is 5.56 Å². The molecule has 0 aliphatic rings. The highest BCUT2D eigenvalue weighted by molar-refractivity contribution is 6.51. The normalized spacial score (nSPS) is 10.4. The van der Waals surface area contributed by atoms with E-state index in [1.54, 1.807) is 24.3 Å². The van der Waals surface area contributed by atoms with Crippen LogP contribution in [-0.2, 0) is 0 Å². The van der Waals surface area contributed by atoms with E-state index >= 15 is 0 Å². The summed E-state index contributed by atoms with van der Waals surface area (Å²) in [5.74, 6) is -0.288. The van der Waals surface area contributed by atoms with Crippen LogP contribution in [0.3, 0.4) is 0 Å². The van der Waals surface area contributed by atoms with Gasteiger partial charge in [-0.15, -0.1) is 0 Å². The second-order valence-corrected chi connectivity index (χ2v) is 5.11. The Balaban J connectivity index is 2.59. The summed E-state index contributed by atoms with van der Waals surface area (Å²) in [4.78, 5) is 12.3. The molecule has 2 aromatic carbocycles. The van der Waals surface area contributed by atoms with Gasteiger partial charge in [-0.3, -0.25) is 4.79 Å². The number of halogens is 4. The molecule has 0 aliphatic heterocycles. The van der Waals surface area contributed by atoms with Crippen LogP contribution >= 0.6 is 46.4 Å². The van der Waals surface area contributed by atoms with E-state index < -0.39 is 0 Å². The van der Waals surface area contributed by atoms with Crippen molar-refractivity contribution in [1.29, 1.82) is 0 Å². The molecule has 2 rings (SSSR count). The second kappa shape index (κ2) is 5.50. The lowest BCUT2D eigenvalue weighted by Gasteiger charge is -2.09. The van der Waals surface area contributed by atoms with E-state index in [0.29, 0.717) is 5.56 Å². The summed E-state index contributed by atoms with van der Waals surface area (Å²) in [6, 6.07) is 10.1. The van der Waals surface area contributed by atoms with Crippen molar-refractivity contribution in [3.63, 3.8) is 0 Å². The molecular formula is C13H6Cl4O. The van der Waals surface area contributed by atoms with Gasteiger partial charge in [0.1, 0.15) is 0 Å². The second-order valence-electron chi connectivity index (χ2n) is 3.54. The molecule has 0 saturated carbocycles. The maximum Gasteiger partial charge on any atom is 0.196 e. The van der Waals surface area contributed by atoms with Crippen LogP contribution in [0.1, 0.15) is 15.9 Å². The highest BCUT2D eigenvalue weighted by atomic mass is 35.5. The summed E-state index contributed by atoms with van der Waals surface area (Å²) in [7, 11) is 0. The molecule has 0 aromatic heterocycles. The van der Waals surface area contributed by atoms with E-state index in [-0.39, 0.29) is 31.4 Å². The molecule has 0 N–H and O–H groups in total. The Morgan fingerprint density at radius 2 is 1.44 bits per heavy atom. The van der Waals surface area contributed by atoms with Crippen molar-refractivity contribution in [2.24, 2.45) is 0 Å². The maximum absolute atomic E-state index is 12.3. The van der Waals surface area contributed by atoms with E-state index in [9.17, 15) is 4.79 Å². The van der Waals surface area contributed by atoms with Gasteiger partial charge >= 0.3 is 0 Å². The smallest absolute Gasteiger partial charge is 0.196 e. The van der Waals surface area contributed by atoms with Gasteiger partial charge in [0.15, 0.2) is 5.78 Å². The molecule has 0 amide bonds. The Labute approximate surface area is 124 Å². The van der Waals surface area contributed by atoms with Crippen LogP contribution in [0.4, 0.5) is 0 Å². The number of carbonyl (C=O) groups excluding carboxylic acids is 1. The lowest BCUT2D eigenvalue weighted by molar-refractivity contribution is 0.103. The number of hydrogen-bond acceptors (Lipinski definition) is 1. The van der Waals surface area contributed by atoms with Crippen LogP contribution < -0.4 is 0 Å². The molecule has 0 unspecified atom stereocenters. The van der Waals surface area contributed by atoms with E-state index in [1.165, 1.54) is 6.07 Å². The van der Waals surface area contributed by atoms with Crippen molar-refractivity contribution < 1.29 is 4.79 Å². The standard InChI is InChI=1S/C13H6Cl4O/c14-8-6-9(15)11(16)12(17)10(8)13(18)7-4-2-1-3-5-7/h1-6H. The van der Waals surface area contributed by atoms with Crippen LogP contribution in [0, 0.1) is 0 Å². The van der Waals surface area contributed by atoms with Gasteiger partial charge < -0.3 is 0 Å². The lowest BCUT2D eigenvalue weighted by atomic mass is 10.0. The largest absolute Gasteiger partial charge is 0.288 e. The molecule has 0 aliphatic carbocycles. The van der Waals surface area contributed by atoms with Crippen LogP contribution in [0.2, 0.25) is 20.1 Å². The first-order chi connectivity index (χ1) is 8.52. The molecule has 0 spiro atoms. The van der Waals surface area contributed by atoms with Gasteiger partial charge in [0.25, 0.3) is 0 Å². The van der Waals surface area contributed by atoms with Gasteiger partial charge in [-0.1, -0.05) is 76.7 Å². The molecule has 0 saturated heterocycles. The maximum atomic E-state index is 12.3. The average molecular weight is 320 g/mol. The van der Waals surface area contributed by atoms with Gasteiger partial charge in [-0.05, 0) is 6.07 Å². The third-order valence-corrected chi connectivity index (χ3v) is 3.94. The van der Waals surface area contributed by atoms with Crippen molar-refractivity contribution in [3.8, 4) is 0 Å². The molecule has 0 heterocycles. The summed E-state index contributed by atoms with van der Waals surface area (Å²) in [5, 5.41) is 0.601. The quantitative estimate of drug-likeness (QED) is 0.404. The van der Waals surface area contributed by atoms with Crippen LogP contribution in [0.15, 0.2) is 36.4 Å². The van der Waals surface area contributed by atoms with Crippen molar-refractivity contribution in [1.82, 2.24) is 0 Å². The monoisotopic (exact) mass is 318 g/mol. The fourth-order valence-electron chi connectivity index (χ4n) is 1.51. The van der Waals surface area contributed by atoms with Crippen molar-refractivity contribution in [2.75, 3.05) is 0 Å². The Morgan fingerprint density at radius 1 is 0.833 bits per heavy atom. The third kappa shape index (κ3) is 2.50. The molecule has 5 heteroatoms. The molecule has 2 aromatic rings. The van der Waals surface area contributed by atoms with E-state index in [4.69, 9.17) is 46.4 Å². The number of benzene rings is 2. The first-order valence-corrected chi connectivity index (χ1v) is 6.46. The highest BCUT2D eigenvalue weighted by Crippen LogP contribution is 2.38. The van der Waals surface area contributed by atoms with Crippen molar-refractivity contribution in [3.05, 3.63) is 67.6 Å². The van der Waals surface area contributed by atoms with Crippen LogP contribution in [0.25, 0.3) is 0 Å². The number of rotatable bonds is 2. The van der Waals surface area contributed by atoms with Crippen LogP contribution in [-0.4, -0.2) is 5.78 Å². The molecule has 18 heavy (non-hydrogen) atoms. The van der Waals surface area contributed by atoms with Gasteiger partial charge in [0.2, 0.25) is 0 Å². The first kappa shape index (κ1) is 13.7. The van der Waals surface area contributed by atoms with E-state index in [0.717, 1.165) is 0 Å². The zero-order chi connectivity index (χ0) is 13.3. The summed E-state index contributed by atoms with van der Waals surface area (Å²) >= 11 is 23.8. The van der Waals surface area contributed by atoms with Crippen molar-refractivity contribution in [2.45, 2.75) is 0 Å². The molecule has 0 bridgehead atoms. The minimum Gasteiger partial charge on any atom is -0.288 e. The zero-order valence-electron chi connectivity index (χ0n) is 8.88. The van der Waals surface area contributed by atoms with Gasteiger partial charge in [-0.2, -0.15) is 0 Å². The Kier molecular flexibility index (Phi) is 4.18. The fourth-order valence-corrected chi connectivity index (χ4v) is 2.59. The average Bonchev–Trinajstić information content (AvgIpc) is 2.37. The Bertz CT molecular complexity index is 608. The van der Waals surface area contributed by atoms with E-state index in [2.05, 4.69) is 0 Å². The lowest BCUT2D eigenvalue weighted by Crippen LogP contribution is -2.03. The predicted molar refractivity (Wildman–Crippen MR) is 76.4 cm³/mol. The molecule has 0 atom stereocenters. The van der Waals surface area contributed by atoms with Gasteiger partial charge in [0.05, 0.1) is 25.7 Å². The molecule has 0 fully saturated rings. The molecule has 1 nitrogen and oxygen atoms in total. The highest BCUT2D eigenvalue weighted by Gasteiger charge is 2.20. The van der Waals surface area contributed by atoms with Gasteiger partial charge in [-0.25, -0.2) is 0 Å². The minimum atomic E-state index is -0.288. The molecule has 92 valence electrons. The number of ketones is 1. The van der Waals surface area contributed by atoms with Crippen LogP contribution in [0.5, 0.6) is 0 Å². The first-order valence-electron chi connectivity index (χ1n) is 4.95. The summed E-state index contributed by atoms with van der Waals surface area (Å²) in [6.07, 6.45) is 0. The third-order valence-electron chi connectivity index (χ3n) is 2.38. The zero-order valence-corrected chi connectivity index (χ0v) is 11.9. The number of hydrogen-bond donors (Lipinski definition) is 0. The Morgan fingerprint density at radius 3 is 2.06 bits per heavy atom. The predicted octanol–water partition coefficient (Wildman–Crippen LogP) is 5.53. The van der Waals surface area contributed by atoms with Crippen molar-refractivity contribution >= 4 is 52.2 Å².